The highest BCUT2D eigenvalue weighted by molar-refractivity contribution is 5.88. The predicted octanol–water partition coefficient (Wildman–Crippen LogP) is 1.50. The Morgan fingerprint density at radius 3 is 2.72 bits per heavy atom. The van der Waals surface area contributed by atoms with Crippen LogP contribution in [0.3, 0.4) is 0 Å². The third-order valence-corrected chi connectivity index (χ3v) is 2.52. The highest BCUT2D eigenvalue weighted by Crippen LogP contribution is 2.19. The average Bonchev–Trinajstić information content (AvgIpc) is 2.78. The van der Waals surface area contributed by atoms with Crippen LogP contribution >= 0.6 is 0 Å². The molecule has 1 heterocycles. The molecule has 0 aliphatic rings. The molecule has 0 aliphatic carbocycles. The molecule has 0 saturated heterocycles. The number of rotatable bonds is 4. The molecule has 1 aromatic heterocycles. The molecular formula is C13H15N3O2. The highest BCUT2D eigenvalue weighted by Gasteiger charge is 2.05. The van der Waals surface area contributed by atoms with Gasteiger partial charge in [0.15, 0.2) is 0 Å². The summed E-state index contributed by atoms with van der Waals surface area (Å²) in [5.74, 6) is 0.711. The summed E-state index contributed by atoms with van der Waals surface area (Å²) in [6.45, 7) is 2.07. The molecule has 0 atom stereocenters. The largest absolute Gasteiger partial charge is 0.395 e. The number of anilines is 1. The van der Waals surface area contributed by atoms with Crippen molar-refractivity contribution in [3.8, 4) is 11.4 Å². The second-order valence-corrected chi connectivity index (χ2v) is 3.93. The van der Waals surface area contributed by atoms with Crippen LogP contribution < -0.4 is 5.32 Å². The summed E-state index contributed by atoms with van der Waals surface area (Å²) in [5, 5.41) is 11.7. The Labute approximate surface area is 105 Å². The molecule has 0 bridgehead atoms. The zero-order valence-electron chi connectivity index (χ0n) is 10.1. The summed E-state index contributed by atoms with van der Waals surface area (Å²) in [6, 6.07) is 7.44. The Kier molecular flexibility index (Phi) is 3.74. The first kappa shape index (κ1) is 12.3. The lowest BCUT2D eigenvalue weighted by Crippen LogP contribution is -2.06. The van der Waals surface area contributed by atoms with Crippen molar-refractivity contribution in [2.45, 2.75) is 13.5 Å². The standard InChI is InChI=1S/C13H15N3O2/c1-10(18)15-12-4-2-11(3-5-12)13-14-6-7-16(13)8-9-17/h2-7,17H,8-9H2,1H3,(H,15,18). The number of nitrogens with one attached hydrogen (secondary N) is 1. The lowest BCUT2D eigenvalue weighted by Gasteiger charge is -2.07. The Hall–Kier alpha value is -2.14. The molecule has 0 aliphatic heterocycles. The predicted molar refractivity (Wildman–Crippen MR) is 69.1 cm³/mol. The van der Waals surface area contributed by atoms with Gasteiger partial charge in [-0.25, -0.2) is 4.98 Å². The molecule has 94 valence electrons. The summed E-state index contributed by atoms with van der Waals surface area (Å²) in [5.41, 5.74) is 1.70. The van der Waals surface area contributed by atoms with E-state index in [0.717, 1.165) is 17.1 Å². The topological polar surface area (TPSA) is 67.2 Å². The van der Waals surface area contributed by atoms with Crippen LogP contribution in [0.2, 0.25) is 0 Å². The number of carbonyl (C=O) groups is 1. The molecular weight excluding hydrogens is 230 g/mol. The number of aliphatic hydroxyl groups is 1. The molecule has 2 N–H and O–H groups in total. The minimum absolute atomic E-state index is 0.0767. The number of aliphatic hydroxyl groups excluding tert-OH is 1. The summed E-state index contributed by atoms with van der Waals surface area (Å²) >= 11 is 0. The molecule has 2 rings (SSSR count). The normalized spacial score (nSPS) is 10.3. The number of nitrogens with zero attached hydrogens (tertiary/aromatic N) is 2. The molecule has 5 nitrogen and oxygen atoms in total. The fraction of sp³-hybridized carbons (Fsp3) is 0.231. The maximum Gasteiger partial charge on any atom is 0.221 e. The zero-order valence-corrected chi connectivity index (χ0v) is 10.1. The number of carbonyl (C=O) groups excluding carboxylic acids is 1. The van der Waals surface area contributed by atoms with Crippen LogP contribution in [0.1, 0.15) is 6.92 Å². The van der Waals surface area contributed by atoms with E-state index in [1.807, 2.05) is 35.0 Å². The van der Waals surface area contributed by atoms with Gasteiger partial charge in [0, 0.05) is 37.1 Å². The Morgan fingerprint density at radius 2 is 2.11 bits per heavy atom. The molecule has 0 radical (unpaired) electrons. The Balaban J connectivity index is 2.23. The van der Waals surface area contributed by atoms with Crippen LogP contribution in [0.25, 0.3) is 11.4 Å². The minimum Gasteiger partial charge on any atom is -0.395 e. The Morgan fingerprint density at radius 1 is 1.39 bits per heavy atom. The van der Waals surface area contributed by atoms with Crippen LogP contribution in [0.15, 0.2) is 36.7 Å². The van der Waals surface area contributed by atoms with Gasteiger partial charge in [0.1, 0.15) is 5.82 Å². The zero-order chi connectivity index (χ0) is 13.0. The summed E-state index contributed by atoms with van der Waals surface area (Å²) in [7, 11) is 0. The number of amides is 1. The van der Waals surface area contributed by atoms with Crippen molar-refractivity contribution in [1.29, 1.82) is 0 Å². The smallest absolute Gasteiger partial charge is 0.221 e. The van der Waals surface area contributed by atoms with Crippen molar-refractivity contribution in [1.82, 2.24) is 9.55 Å². The maximum atomic E-state index is 10.9. The van der Waals surface area contributed by atoms with Crippen LogP contribution in [0, 0.1) is 0 Å². The number of benzene rings is 1. The van der Waals surface area contributed by atoms with Gasteiger partial charge < -0.3 is 15.0 Å². The van der Waals surface area contributed by atoms with Crippen LogP contribution in [0.4, 0.5) is 5.69 Å². The molecule has 5 heteroatoms. The lowest BCUT2D eigenvalue weighted by atomic mass is 10.2. The summed E-state index contributed by atoms with van der Waals surface area (Å²) < 4.78 is 1.88. The van der Waals surface area contributed by atoms with Crippen molar-refractivity contribution in [3.63, 3.8) is 0 Å². The molecule has 1 aromatic carbocycles. The monoisotopic (exact) mass is 245 g/mol. The average molecular weight is 245 g/mol. The van der Waals surface area contributed by atoms with E-state index >= 15 is 0 Å². The van der Waals surface area contributed by atoms with Crippen LogP contribution in [-0.4, -0.2) is 27.2 Å². The van der Waals surface area contributed by atoms with Gasteiger partial charge in [-0.1, -0.05) is 0 Å². The van der Waals surface area contributed by atoms with Gasteiger partial charge in [-0.3, -0.25) is 4.79 Å². The number of hydrogen-bond acceptors (Lipinski definition) is 3. The van der Waals surface area contributed by atoms with Gasteiger partial charge >= 0.3 is 0 Å². The van der Waals surface area contributed by atoms with Crippen molar-refractivity contribution in [3.05, 3.63) is 36.7 Å². The summed E-state index contributed by atoms with van der Waals surface area (Å²) in [6.07, 6.45) is 3.53. The lowest BCUT2D eigenvalue weighted by molar-refractivity contribution is -0.114. The fourth-order valence-electron chi connectivity index (χ4n) is 1.76. The molecule has 1 amide bonds. The molecule has 0 unspecified atom stereocenters. The second kappa shape index (κ2) is 5.46. The number of aromatic nitrogens is 2. The molecule has 18 heavy (non-hydrogen) atoms. The van der Waals surface area contributed by atoms with E-state index in [9.17, 15) is 4.79 Å². The van der Waals surface area contributed by atoms with E-state index in [0.29, 0.717) is 6.54 Å². The molecule has 0 spiro atoms. The first-order valence-electron chi connectivity index (χ1n) is 5.70. The quantitative estimate of drug-likeness (QED) is 0.857. The highest BCUT2D eigenvalue weighted by atomic mass is 16.3. The van der Waals surface area contributed by atoms with Gasteiger partial charge in [0.25, 0.3) is 0 Å². The number of imidazole rings is 1. The first-order valence-corrected chi connectivity index (χ1v) is 5.70. The molecule has 0 saturated carbocycles. The van der Waals surface area contributed by atoms with Gasteiger partial charge in [0.2, 0.25) is 5.91 Å². The van der Waals surface area contributed by atoms with Crippen LogP contribution in [-0.2, 0) is 11.3 Å². The third kappa shape index (κ3) is 2.75. The van der Waals surface area contributed by atoms with Gasteiger partial charge in [-0.2, -0.15) is 0 Å². The molecule has 2 aromatic rings. The van der Waals surface area contributed by atoms with E-state index in [-0.39, 0.29) is 12.5 Å². The maximum absolute atomic E-state index is 10.9. The first-order chi connectivity index (χ1) is 8.70. The molecule has 0 fully saturated rings. The number of hydrogen-bond donors (Lipinski definition) is 2. The van der Waals surface area contributed by atoms with Crippen molar-refractivity contribution in [2.24, 2.45) is 0 Å². The van der Waals surface area contributed by atoms with E-state index in [4.69, 9.17) is 5.11 Å². The summed E-state index contributed by atoms with van der Waals surface area (Å²) in [4.78, 5) is 15.2. The van der Waals surface area contributed by atoms with Crippen molar-refractivity contribution >= 4 is 11.6 Å². The minimum atomic E-state index is -0.0930. The Bertz CT molecular complexity index is 531. The fourth-order valence-corrected chi connectivity index (χ4v) is 1.76. The van der Waals surface area contributed by atoms with Crippen molar-refractivity contribution in [2.75, 3.05) is 11.9 Å². The van der Waals surface area contributed by atoms with Gasteiger partial charge in [0.05, 0.1) is 6.61 Å². The van der Waals surface area contributed by atoms with E-state index in [2.05, 4.69) is 10.3 Å². The third-order valence-electron chi connectivity index (χ3n) is 2.52. The van der Waals surface area contributed by atoms with E-state index in [1.54, 1.807) is 6.20 Å². The van der Waals surface area contributed by atoms with Gasteiger partial charge in [-0.05, 0) is 24.3 Å². The van der Waals surface area contributed by atoms with Gasteiger partial charge in [-0.15, -0.1) is 0 Å². The van der Waals surface area contributed by atoms with Crippen molar-refractivity contribution < 1.29 is 9.90 Å². The van der Waals surface area contributed by atoms with E-state index < -0.39 is 0 Å². The van der Waals surface area contributed by atoms with Crippen LogP contribution in [0.5, 0.6) is 0 Å². The van der Waals surface area contributed by atoms with E-state index in [1.165, 1.54) is 6.92 Å². The SMILES string of the molecule is CC(=O)Nc1ccc(-c2nccn2CCO)cc1. The second-order valence-electron chi connectivity index (χ2n) is 3.93.